The molecule has 29 heavy (non-hydrogen) atoms. The molecule has 154 valence electrons. The van der Waals surface area contributed by atoms with Gasteiger partial charge in [-0.2, -0.15) is 0 Å². The Balaban J connectivity index is 1.64. The van der Waals surface area contributed by atoms with Gasteiger partial charge in [0.15, 0.2) is 6.61 Å². The van der Waals surface area contributed by atoms with Crippen LogP contribution in [0.2, 0.25) is 0 Å². The van der Waals surface area contributed by atoms with Crippen molar-refractivity contribution in [2.45, 2.75) is 25.3 Å². The van der Waals surface area contributed by atoms with E-state index >= 15 is 0 Å². The van der Waals surface area contributed by atoms with Crippen molar-refractivity contribution in [3.63, 3.8) is 0 Å². The van der Waals surface area contributed by atoms with Crippen LogP contribution in [0.1, 0.15) is 30.0 Å². The third kappa shape index (κ3) is 5.31. The van der Waals surface area contributed by atoms with Gasteiger partial charge in [-0.05, 0) is 18.9 Å². The highest BCUT2D eigenvalue weighted by Crippen LogP contribution is 2.31. The predicted octanol–water partition coefficient (Wildman–Crippen LogP) is 3.31. The third-order valence-corrected chi connectivity index (χ3v) is 4.27. The number of carbonyl (C=O) groups is 1. The minimum absolute atomic E-state index is 0.0615. The molecule has 1 aromatic heterocycles. The lowest BCUT2D eigenvalue weighted by atomic mass is 10.0. The number of nitrogens with one attached hydrogen (secondary N) is 3. The average molecular weight is 405 g/mol. The number of alkyl halides is 2. The smallest absolute Gasteiger partial charge is 0.320 e. The summed E-state index contributed by atoms with van der Waals surface area (Å²) in [4.78, 5) is 16.4. The van der Waals surface area contributed by atoms with Crippen LogP contribution in [0.3, 0.4) is 0 Å². The van der Waals surface area contributed by atoms with Crippen molar-refractivity contribution >= 4 is 23.4 Å². The monoisotopic (exact) mass is 405 g/mol. The van der Waals surface area contributed by atoms with Crippen molar-refractivity contribution < 1.29 is 23.0 Å². The van der Waals surface area contributed by atoms with E-state index in [2.05, 4.69) is 20.4 Å². The topological polar surface area (TPSA) is 122 Å². The van der Waals surface area contributed by atoms with Gasteiger partial charge in [0.25, 0.3) is 6.43 Å². The van der Waals surface area contributed by atoms with E-state index in [-0.39, 0.29) is 23.1 Å². The van der Waals surface area contributed by atoms with Crippen LogP contribution in [-0.4, -0.2) is 36.6 Å². The van der Waals surface area contributed by atoms with Gasteiger partial charge in [-0.25, -0.2) is 18.6 Å². The Labute approximate surface area is 165 Å². The van der Waals surface area contributed by atoms with Gasteiger partial charge in [0.05, 0.1) is 18.2 Å². The summed E-state index contributed by atoms with van der Waals surface area (Å²) < 4.78 is 34.7. The molecule has 8 nitrogen and oxygen atoms in total. The Morgan fingerprint density at radius 2 is 2.21 bits per heavy atom. The van der Waals surface area contributed by atoms with Crippen LogP contribution in [0.25, 0.3) is 0 Å². The number of hydrogen-bond acceptors (Lipinski definition) is 6. The fourth-order valence-corrected chi connectivity index (χ4v) is 2.94. The molecule has 0 spiro atoms. The summed E-state index contributed by atoms with van der Waals surface area (Å²) >= 11 is 0. The first-order chi connectivity index (χ1) is 13.9. The summed E-state index contributed by atoms with van der Waals surface area (Å²) in [5.74, 6) is 0.384. The molecule has 0 fully saturated rings. The minimum Gasteiger partial charge on any atom is -0.493 e. The summed E-state index contributed by atoms with van der Waals surface area (Å²) in [6.07, 6.45) is -0.000521. The van der Waals surface area contributed by atoms with Crippen LogP contribution in [0.4, 0.5) is 25.1 Å². The van der Waals surface area contributed by atoms with E-state index < -0.39 is 25.0 Å². The number of hydrogen-bond donors (Lipinski definition) is 4. The SMILES string of the molecule is N=C(OCC(F)F)c1cnc(NC(=O)NC2CCCOc3ccccc32)cc1N. The molecular formula is C19H21F2N5O3. The zero-order chi connectivity index (χ0) is 20.8. The highest BCUT2D eigenvalue weighted by atomic mass is 19.3. The van der Waals surface area contributed by atoms with Crippen molar-refractivity contribution in [2.75, 3.05) is 24.3 Å². The van der Waals surface area contributed by atoms with Gasteiger partial charge in [0.2, 0.25) is 5.90 Å². The summed E-state index contributed by atoms with van der Waals surface area (Å²) in [7, 11) is 0. The number of pyridine rings is 1. The molecule has 1 aliphatic heterocycles. The van der Waals surface area contributed by atoms with E-state index in [1.807, 2.05) is 24.3 Å². The number of fused-ring (bicyclic) bond motifs is 1. The highest BCUT2D eigenvalue weighted by Gasteiger charge is 2.21. The lowest BCUT2D eigenvalue weighted by Gasteiger charge is -2.18. The molecule has 1 aliphatic rings. The second-order valence-corrected chi connectivity index (χ2v) is 6.37. The van der Waals surface area contributed by atoms with Crippen LogP contribution in [0.15, 0.2) is 36.5 Å². The molecule has 1 unspecified atom stereocenters. The maximum absolute atomic E-state index is 12.4. The van der Waals surface area contributed by atoms with Gasteiger partial charge in [-0.3, -0.25) is 10.7 Å². The van der Waals surface area contributed by atoms with Crippen LogP contribution in [-0.2, 0) is 4.74 Å². The van der Waals surface area contributed by atoms with Gasteiger partial charge in [-0.1, -0.05) is 18.2 Å². The van der Waals surface area contributed by atoms with Gasteiger partial charge >= 0.3 is 6.03 Å². The van der Waals surface area contributed by atoms with Crippen LogP contribution in [0, 0.1) is 5.41 Å². The predicted molar refractivity (Wildman–Crippen MR) is 104 cm³/mol. The second-order valence-electron chi connectivity index (χ2n) is 6.37. The average Bonchev–Trinajstić information content (AvgIpc) is 2.88. The number of halogens is 2. The number of carbonyl (C=O) groups excluding carboxylic acids is 1. The molecule has 0 radical (unpaired) electrons. The fourth-order valence-electron chi connectivity index (χ4n) is 2.94. The maximum Gasteiger partial charge on any atom is 0.320 e. The molecule has 2 aromatic rings. The quantitative estimate of drug-likeness (QED) is 0.449. The van der Waals surface area contributed by atoms with Crippen molar-refractivity contribution in [2.24, 2.45) is 0 Å². The number of nitrogens with two attached hydrogens (primary N) is 1. The Hall–Kier alpha value is -3.43. The van der Waals surface area contributed by atoms with E-state index in [1.165, 1.54) is 12.3 Å². The van der Waals surface area contributed by atoms with Crippen molar-refractivity contribution in [3.05, 3.63) is 47.7 Å². The number of benzene rings is 1. The molecule has 0 saturated heterocycles. The molecule has 1 atom stereocenters. The van der Waals surface area contributed by atoms with E-state index in [4.69, 9.17) is 15.9 Å². The standard InChI is InChI=1S/C19H21F2N5O3/c20-16(21)10-29-18(23)12-9-24-17(8-13(12)22)26-19(27)25-14-5-3-7-28-15-6-2-1-4-11(14)15/h1-2,4,6,8-9,14,16,23H,3,5,7,10H2,(H4,22,24,25,26,27). The summed E-state index contributed by atoms with van der Waals surface area (Å²) in [6.45, 7) is -0.330. The Morgan fingerprint density at radius 1 is 1.41 bits per heavy atom. The lowest BCUT2D eigenvalue weighted by molar-refractivity contribution is 0.0761. The van der Waals surface area contributed by atoms with Gasteiger partial charge in [0.1, 0.15) is 11.6 Å². The largest absolute Gasteiger partial charge is 0.493 e. The normalized spacial score (nSPS) is 15.6. The Kier molecular flexibility index (Phi) is 6.43. The number of anilines is 2. The number of aromatic nitrogens is 1. The van der Waals surface area contributed by atoms with E-state index in [0.717, 1.165) is 24.2 Å². The molecule has 2 amide bonds. The third-order valence-electron chi connectivity index (χ3n) is 4.27. The molecule has 0 aliphatic carbocycles. The summed E-state index contributed by atoms with van der Waals surface area (Å²) in [6, 6.07) is 8.15. The fraction of sp³-hybridized carbons (Fsp3) is 0.316. The number of ether oxygens (including phenoxy) is 2. The van der Waals surface area contributed by atoms with Crippen molar-refractivity contribution in [1.82, 2.24) is 10.3 Å². The number of rotatable bonds is 5. The maximum atomic E-state index is 12.4. The first-order valence-electron chi connectivity index (χ1n) is 8.98. The molecule has 0 saturated carbocycles. The highest BCUT2D eigenvalue weighted by molar-refractivity contribution is 5.97. The molecule has 3 rings (SSSR count). The molecule has 5 N–H and O–H groups in total. The summed E-state index contributed by atoms with van der Waals surface area (Å²) in [5, 5.41) is 13.1. The second kappa shape index (κ2) is 9.18. The molecule has 0 bridgehead atoms. The van der Waals surface area contributed by atoms with E-state index in [0.29, 0.717) is 6.61 Å². The van der Waals surface area contributed by atoms with Crippen molar-refractivity contribution in [3.8, 4) is 5.75 Å². The number of para-hydroxylation sites is 1. The van der Waals surface area contributed by atoms with Gasteiger partial charge in [0, 0.05) is 23.5 Å². The summed E-state index contributed by atoms with van der Waals surface area (Å²) in [5.41, 5.74) is 6.87. The Morgan fingerprint density at radius 3 is 2.97 bits per heavy atom. The lowest BCUT2D eigenvalue weighted by Crippen LogP contribution is -2.32. The van der Waals surface area contributed by atoms with Crippen molar-refractivity contribution in [1.29, 1.82) is 5.41 Å². The zero-order valence-electron chi connectivity index (χ0n) is 15.5. The van der Waals surface area contributed by atoms with E-state index in [1.54, 1.807) is 0 Å². The number of nitrogen functional groups attached to an aromatic ring is 1. The molecule has 1 aromatic carbocycles. The number of urea groups is 1. The Bertz CT molecular complexity index is 894. The van der Waals surface area contributed by atoms with E-state index in [9.17, 15) is 13.6 Å². The molecule has 10 heteroatoms. The van der Waals surface area contributed by atoms with Crippen LogP contribution in [0.5, 0.6) is 5.75 Å². The first kappa shape index (κ1) is 20.3. The first-order valence-corrected chi connectivity index (χ1v) is 8.98. The zero-order valence-corrected chi connectivity index (χ0v) is 15.5. The molecular weight excluding hydrogens is 384 g/mol. The van der Waals surface area contributed by atoms with Gasteiger partial charge < -0.3 is 20.5 Å². The van der Waals surface area contributed by atoms with Gasteiger partial charge in [-0.15, -0.1) is 0 Å². The molecule has 2 heterocycles. The van der Waals surface area contributed by atoms with Crippen LogP contribution < -0.4 is 21.1 Å². The van der Waals surface area contributed by atoms with Crippen LogP contribution >= 0.6 is 0 Å². The number of amides is 2. The number of nitrogens with zero attached hydrogens (tertiary/aromatic N) is 1. The minimum atomic E-state index is -2.70.